The van der Waals surface area contributed by atoms with Crippen molar-refractivity contribution < 1.29 is 9.21 Å². The zero-order valence-electron chi connectivity index (χ0n) is 11.8. The van der Waals surface area contributed by atoms with Crippen molar-refractivity contribution in [2.75, 3.05) is 19.6 Å². The zero-order valence-corrected chi connectivity index (χ0v) is 12.6. The number of rotatable bonds is 5. The van der Waals surface area contributed by atoms with Crippen molar-refractivity contribution in [2.45, 2.75) is 19.3 Å². The Morgan fingerprint density at radius 1 is 1.10 bits per heavy atom. The lowest BCUT2D eigenvalue weighted by Crippen LogP contribution is -2.22. The van der Waals surface area contributed by atoms with Crippen LogP contribution in [0.5, 0.6) is 0 Å². The first-order valence-corrected chi connectivity index (χ1v) is 7.71. The Labute approximate surface area is 129 Å². The molecule has 3 nitrogen and oxygen atoms in total. The SMILES string of the molecule is O=C(CCN1CCCC1)c1ccc(-c2ccc(Cl)cc2)o1. The van der Waals surface area contributed by atoms with E-state index in [4.69, 9.17) is 16.0 Å². The molecule has 110 valence electrons. The summed E-state index contributed by atoms with van der Waals surface area (Å²) < 4.78 is 5.68. The van der Waals surface area contributed by atoms with Gasteiger partial charge in [-0.05, 0) is 62.3 Å². The van der Waals surface area contributed by atoms with Crippen LogP contribution in [0.15, 0.2) is 40.8 Å². The third-order valence-corrected chi connectivity index (χ3v) is 4.12. The molecule has 0 bridgehead atoms. The third kappa shape index (κ3) is 3.55. The van der Waals surface area contributed by atoms with Gasteiger partial charge < -0.3 is 9.32 Å². The van der Waals surface area contributed by atoms with Crippen LogP contribution in [0, 0.1) is 0 Å². The Bertz CT molecular complexity index is 612. The van der Waals surface area contributed by atoms with Gasteiger partial charge in [0.25, 0.3) is 0 Å². The highest BCUT2D eigenvalue weighted by atomic mass is 35.5. The monoisotopic (exact) mass is 303 g/mol. The lowest BCUT2D eigenvalue weighted by atomic mass is 10.2. The Morgan fingerprint density at radius 2 is 1.81 bits per heavy atom. The number of hydrogen-bond acceptors (Lipinski definition) is 3. The van der Waals surface area contributed by atoms with Gasteiger partial charge in [0, 0.05) is 23.6 Å². The minimum absolute atomic E-state index is 0.0714. The summed E-state index contributed by atoms with van der Waals surface area (Å²) >= 11 is 5.87. The fourth-order valence-electron chi connectivity index (χ4n) is 2.65. The lowest BCUT2D eigenvalue weighted by molar-refractivity contribution is 0.0942. The highest BCUT2D eigenvalue weighted by Gasteiger charge is 2.16. The van der Waals surface area contributed by atoms with Crippen LogP contribution in [-0.2, 0) is 0 Å². The molecule has 0 amide bonds. The van der Waals surface area contributed by atoms with E-state index in [1.807, 2.05) is 30.3 Å². The van der Waals surface area contributed by atoms with Gasteiger partial charge in [-0.1, -0.05) is 11.6 Å². The number of halogens is 1. The first-order chi connectivity index (χ1) is 10.2. The fourth-order valence-corrected chi connectivity index (χ4v) is 2.77. The molecule has 0 aliphatic carbocycles. The van der Waals surface area contributed by atoms with E-state index in [0.717, 1.165) is 25.2 Å². The summed E-state index contributed by atoms with van der Waals surface area (Å²) in [4.78, 5) is 14.5. The van der Waals surface area contributed by atoms with E-state index in [9.17, 15) is 4.79 Å². The second-order valence-corrected chi connectivity index (χ2v) is 5.83. The van der Waals surface area contributed by atoms with E-state index in [1.165, 1.54) is 12.8 Å². The highest BCUT2D eigenvalue weighted by Crippen LogP contribution is 2.24. The molecule has 4 heteroatoms. The van der Waals surface area contributed by atoms with Crippen molar-refractivity contribution in [1.82, 2.24) is 4.90 Å². The molecule has 0 spiro atoms. The molecule has 1 aliphatic rings. The number of ketones is 1. The van der Waals surface area contributed by atoms with Crippen molar-refractivity contribution in [3.8, 4) is 11.3 Å². The predicted molar refractivity (Wildman–Crippen MR) is 83.8 cm³/mol. The number of carbonyl (C=O) groups is 1. The number of hydrogen-bond donors (Lipinski definition) is 0. The van der Waals surface area contributed by atoms with Crippen LogP contribution in [0.1, 0.15) is 29.8 Å². The van der Waals surface area contributed by atoms with E-state index in [-0.39, 0.29) is 5.78 Å². The summed E-state index contributed by atoms with van der Waals surface area (Å²) in [5.41, 5.74) is 0.929. The van der Waals surface area contributed by atoms with Gasteiger partial charge in [0.2, 0.25) is 0 Å². The van der Waals surface area contributed by atoms with Gasteiger partial charge in [0.05, 0.1) is 0 Å². The molecule has 0 saturated carbocycles. The molecular formula is C17H18ClNO2. The quantitative estimate of drug-likeness (QED) is 0.774. The van der Waals surface area contributed by atoms with Crippen LogP contribution in [0.3, 0.4) is 0 Å². The van der Waals surface area contributed by atoms with Crippen LogP contribution in [0.4, 0.5) is 0 Å². The van der Waals surface area contributed by atoms with E-state index in [0.29, 0.717) is 23.0 Å². The van der Waals surface area contributed by atoms with Gasteiger partial charge in [0.15, 0.2) is 11.5 Å². The molecule has 1 aliphatic heterocycles. The maximum absolute atomic E-state index is 12.2. The van der Waals surface area contributed by atoms with Crippen LogP contribution in [-0.4, -0.2) is 30.3 Å². The first-order valence-electron chi connectivity index (χ1n) is 7.34. The minimum atomic E-state index is 0.0714. The molecule has 1 aromatic carbocycles. The summed E-state index contributed by atoms with van der Waals surface area (Å²) in [6.45, 7) is 3.05. The van der Waals surface area contributed by atoms with E-state index in [2.05, 4.69) is 4.90 Å². The van der Waals surface area contributed by atoms with E-state index < -0.39 is 0 Å². The molecule has 2 aromatic rings. The van der Waals surface area contributed by atoms with Gasteiger partial charge in [-0.3, -0.25) is 4.79 Å². The topological polar surface area (TPSA) is 33.5 Å². The average Bonchev–Trinajstić information content (AvgIpc) is 3.17. The summed E-state index contributed by atoms with van der Waals surface area (Å²) in [7, 11) is 0. The van der Waals surface area contributed by atoms with E-state index >= 15 is 0 Å². The Balaban J connectivity index is 1.63. The average molecular weight is 304 g/mol. The number of benzene rings is 1. The van der Waals surface area contributed by atoms with Crippen LogP contribution < -0.4 is 0 Å². The lowest BCUT2D eigenvalue weighted by Gasteiger charge is -2.12. The molecule has 1 saturated heterocycles. The van der Waals surface area contributed by atoms with Gasteiger partial charge in [-0.2, -0.15) is 0 Å². The molecule has 3 rings (SSSR count). The summed E-state index contributed by atoms with van der Waals surface area (Å²) in [6, 6.07) is 11.0. The number of Topliss-reactive ketones (excluding diaryl/α,β-unsaturated/α-hetero) is 1. The Hall–Kier alpha value is -1.58. The second-order valence-electron chi connectivity index (χ2n) is 5.39. The van der Waals surface area contributed by atoms with Gasteiger partial charge in [-0.15, -0.1) is 0 Å². The minimum Gasteiger partial charge on any atom is -0.453 e. The number of nitrogens with zero attached hydrogens (tertiary/aromatic N) is 1. The summed E-state index contributed by atoms with van der Waals surface area (Å²) in [6.07, 6.45) is 3.01. The van der Waals surface area contributed by atoms with Crippen LogP contribution >= 0.6 is 11.6 Å². The molecule has 0 radical (unpaired) electrons. The molecular weight excluding hydrogens is 286 g/mol. The normalized spacial score (nSPS) is 15.5. The molecule has 1 fully saturated rings. The van der Waals surface area contributed by atoms with Crippen molar-refractivity contribution >= 4 is 17.4 Å². The smallest absolute Gasteiger partial charge is 0.199 e. The molecule has 21 heavy (non-hydrogen) atoms. The largest absolute Gasteiger partial charge is 0.453 e. The first kappa shape index (κ1) is 14.4. The van der Waals surface area contributed by atoms with Gasteiger partial charge >= 0.3 is 0 Å². The van der Waals surface area contributed by atoms with E-state index in [1.54, 1.807) is 6.07 Å². The Morgan fingerprint density at radius 3 is 2.52 bits per heavy atom. The van der Waals surface area contributed by atoms with Crippen molar-refractivity contribution in [3.63, 3.8) is 0 Å². The molecule has 0 atom stereocenters. The second kappa shape index (κ2) is 6.46. The van der Waals surface area contributed by atoms with Crippen molar-refractivity contribution in [2.24, 2.45) is 0 Å². The summed E-state index contributed by atoms with van der Waals surface area (Å²) in [5, 5.41) is 0.687. The van der Waals surface area contributed by atoms with Crippen molar-refractivity contribution in [1.29, 1.82) is 0 Å². The maximum atomic E-state index is 12.2. The number of carbonyl (C=O) groups excluding carboxylic acids is 1. The zero-order chi connectivity index (χ0) is 14.7. The third-order valence-electron chi connectivity index (χ3n) is 3.86. The molecule has 2 heterocycles. The molecule has 0 N–H and O–H groups in total. The number of likely N-dealkylation sites (tertiary alicyclic amines) is 1. The van der Waals surface area contributed by atoms with Gasteiger partial charge in [0.1, 0.15) is 5.76 Å². The molecule has 0 unspecified atom stereocenters. The predicted octanol–water partition coefficient (Wildman–Crippen LogP) is 4.27. The summed E-state index contributed by atoms with van der Waals surface area (Å²) in [5.74, 6) is 1.22. The Kier molecular flexibility index (Phi) is 4.42. The highest BCUT2D eigenvalue weighted by molar-refractivity contribution is 6.30. The van der Waals surface area contributed by atoms with Crippen LogP contribution in [0.25, 0.3) is 11.3 Å². The van der Waals surface area contributed by atoms with Crippen molar-refractivity contribution in [3.05, 3.63) is 47.2 Å². The fraction of sp³-hybridized carbons (Fsp3) is 0.353. The standard InChI is InChI=1S/C17H18ClNO2/c18-14-5-3-13(4-6-14)16-7-8-17(21-16)15(20)9-12-19-10-1-2-11-19/h3-8H,1-2,9-12H2. The van der Waals surface area contributed by atoms with Gasteiger partial charge in [-0.25, -0.2) is 0 Å². The maximum Gasteiger partial charge on any atom is 0.199 e. The molecule has 1 aromatic heterocycles. The van der Waals surface area contributed by atoms with Crippen LogP contribution in [0.2, 0.25) is 5.02 Å². The number of furan rings is 1.